The van der Waals surface area contributed by atoms with E-state index in [4.69, 9.17) is 9.84 Å². The monoisotopic (exact) mass is 463 g/mol. The van der Waals surface area contributed by atoms with Crippen molar-refractivity contribution < 1.29 is 32.6 Å². The van der Waals surface area contributed by atoms with E-state index in [0.717, 1.165) is 35.7 Å². The molecule has 0 amide bonds. The van der Waals surface area contributed by atoms with Crippen LogP contribution in [0.15, 0.2) is 30.3 Å². The number of fused-ring (bicyclic) bond motifs is 1. The standard InChI is InChI=1S/C25H28F3NO4/c26-25(27,28)19-3-5-20(6-4-19)33-23-8-2-18-13-16(1-7-21(18)22(23)15-30)14-29-11-9-17(10-12-29)24(31)32/h1-2,7-8,13,15,17,19-20H,3-6,9-12,14H2,(H,31,32). The number of hydrogen-bond acceptors (Lipinski definition) is 4. The van der Waals surface area contributed by atoms with Gasteiger partial charge in [-0.2, -0.15) is 13.2 Å². The first-order valence-corrected chi connectivity index (χ1v) is 11.4. The van der Waals surface area contributed by atoms with Crippen LogP contribution in [0.4, 0.5) is 13.2 Å². The molecule has 0 spiro atoms. The first-order chi connectivity index (χ1) is 15.7. The van der Waals surface area contributed by atoms with Crippen molar-refractivity contribution >= 4 is 23.0 Å². The van der Waals surface area contributed by atoms with Gasteiger partial charge in [-0.1, -0.05) is 18.2 Å². The predicted octanol–water partition coefficient (Wildman–Crippen LogP) is 5.45. The summed E-state index contributed by atoms with van der Waals surface area (Å²) in [5.74, 6) is -1.85. The third-order valence-electron chi connectivity index (χ3n) is 6.98. The van der Waals surface area contributed by atoms with Crippen LogP contribution in [-0.2, 0) is 11.3 Å². The van der Waals surface area contributed by atoms with Gasteiger partial charge in [0.15, 0.2) is 6.29 Å². The van der Waals surface area contributed by atoms with Gasteiger partial charge in [0.1, 0.15) is 5.75 Å². The smallest absolute Gasteiger partial charge is 0.391 e. The second-order valence-corrected chi connectivity index (χ2v) is 9.17. The van der Waals surface area contributed by atoms with Gasteiger partial charge < -0.3 is 9.84 Å². The summed E-state index contributed by atoms with van der Waals surface area (Å²) in [6.45, 7) is 2.18. The second-order valence-electron chi connectivity index (χ2n) is 9.17. The molecule has 0 unspecified atom stereocenters. The largest absolute Gasteiger partial charge is 0.490 e. The van der Waals surface area contributed by atoms with Crippen LogP contribution < -0.4 is 4.74 Å². The van der Waals surface area contributed by atoms with Crippen molar-refractivity contribution in [2.75, 3.05) is 13.1 Å². The minimum atomic E-state index is -4.16. The normalized spacial score (nSPS) is 22.9. The maximum Gasteiger partial charge on any atom is 0.391 e. The zero-order valence-corrected chi connectivity index (χ0v) is 18.3. The zero-order chi connectivity index (χ0) is 23.6. The van der Waals surface area contributed by atoms with Crippen LogP contribution in [0.25, 0.3) is 10.8 Å². The van der Waals surface area contributed by atoms with Crippen LogP contribution in [0.2, 0.25) is 0 Å². The molecule has 0 atom stereocenters. The Morgan fingerprint density at radius 1 is 1.06 bits per heavy atom. The minimum Gasteiger partial charge on any atom is -0.490 e. The summed E-state index contributed by atoms with van der Waals surface area (Å²) >= 11 is 0. The summed E-state index contributed by atoms with van der Waals surface area (Å²) in [7, 11) is 0. The minimum absolute atomic E-state index is 0.0469. The van der Waals surface area contributed by atoms with Crippen LogP contribution in [0.1, 0.15) is 54.4 Å². The van der Waals surface area contributed by atoms with Gasteiger partial charge in [-0.05, 0) is 80.1 Å². The molecule has 5 nitrogen and oxygen atoms in total. The van der Waals surface area contributed by atoms with Gasteiger partial charge in [0.25, 0.3) is 0 Å². The number of rotatable bonds is 6. The van der Waals surface area contributed by atoms with E-state index in [9.17, 15) is 22.8 Å². The number of carbonyl (C=O) groups is 2. The van der Waals surface area contributed by atoms with Gasteiger partial charge in [-0.25, -0.2) is 0 Å². The maximum atomic E-state index is 12.9. The van der Waals surface area contributed by atoms with Crippen molar-refractivity contribution in [1.82, 2.24) is 4.90 Å². The van der Waals surface area contributed by atoms with Gasteiger partial charge in [-0.3, -0.25) is 14.5 Å². The first kappa shape index (κ1) is 23.5. The summed E-state index contributed by atoms with van der Waals surface area (Å²) in [5, 5.41) is 10.8. The van der Waals surface area contributed by atoms with E-state index in [-0.39, 0.29) is 24.9 Å². The molecular weight excluding hydrogens is 435 g/mol. The molecule has 0 bridgehead atoms. The topological polar surface area (TPSA) is 66.8 Å². The van der Waals surface area contributed by atoms with Crippen LogP contribution in [0.3, 0.4) is 0 Å². The van der Waals surface area contributed by atoms with E-state index in [1.54, 1.807) is 6.07 Å². The fourth-order valence-corrected chi connectivity index (χ4v) is 4.99. The van der Waals surface area contributed by atoms with Crippen molar-refractivity contribution in [1.29, 1.82) is 0 Å². The van der Waals surface area contributed by atoms with Crippen LogP contribution in [-0.4, -0.2) is 47.6 Å². The number of aldehydes is 1. The third kappa shape index (κ3) is 5.49. The summed E-state index contributed by atoms with van der Waals surface area (Å²) in [5.41, 5.74) is 1.49. The molecule has 33 heavy (non-hydrogen) atoms. The number of carboxylic acids is 1. The number of carbonyl (C=O) groups excluding carboxylic acids is 1. The van der Waals surface area contributed by atoms with Crippen molar-refractivity contribution in [3.63, 3.8) is 0 Å². The Morgan fingerprint density at radius 3 is 2.36 bits per heavy atom. The van der Waals surface area contributed by atoms with E-state index in [1.807, 2.05) is 24.3 Å². The molecule has 0 radical (unpaired) electrons. The van der Waals surface area contributed by atoms with Gasteiger partial charge in [0, 0.05) is 6.54 Å². The highest BCUT2D eigenvalue weighted by Crippen LogP contribution is 2.39. The highest BCUT2D eigenvalue weighted by Gasteiger charge is 2.41. The van der Waals surface area contributed by atoms with Crippen molar-refractivity contribution in [3.05, 3.63) is 41.5 Å². The Labute approximate surface area is 190 Å². The van der Waals surface area contributed by atoms with Crippen molar-refractivity contribution in [2.24, 2.45) is 11.8 Å². The molecule has 178 valence electrons. The Balaban J connectivity index is 1.43. The van der Waals surface area contributed by atoms with Crippen molar-refractivity contribution in [3.8, 4) is 5.75 Å². The number of ether oxygens (including phenoxy) is 1. The fraction of sp³-hybridized carbons (Fsp3) is 0.520. The molecule has 8 heteroatoms. The molecule has 4 rings (SSSR count). The molecule has 1 saturated carbocycles. The van der Waals surface area contributed by atoms with E-state index in [2.05, 4.69) is 4.90 Å². The average Bonchev–Trinajstić information content (AvgIpc) is 2.79. The molecular formula is C25H28F3NO4. The molecule has 0 aromatic heterocycles. The number of piperidine rings is 1. The number of benzene rings is 2. The number of nitrogens with zero attached hydrogens (tertiary/aromatic N) is 1. The van der Waals surface area contributed by atoms with Gasteiger partial charge in [0.05, 0.1) is 23.5 Å². The van der Waals surface area contributed by atoms with Crippen LogP contribution in [0, 0.1) is 11.8 Å². The van der Waals surface area contributed by atoms with Gasteiger partial charge >= 0.3 is 12.1 Å². The van der Waals surface area contributed by atoms with Crippen LogP contribution >= 0.6 is 0 Å². The molecule has 2 aliphatic rings. The maximum absolute atomic E-state index is 12.9. The summed E-state index contributed by atoms with van der Waals surface area (Å²) < 4.78 is 44.7. The number of carboxylic acid groups (broad SMARTS) is 1. The number of aliphatic carboxylic acids is 1. The number of hydrogen-bond donors (Lipinski definition) is 1. The van der Waals surface area contributed by atoms with Crippen LogP contribution in [0.5, 0.6) is 5.75 Å². The van der Waals surface area contributed by atoms with Gasteiger partial charge in [-0.15, -0.1) is 0 Å². The molecule has 2 aromatic rings. The quantitative estimate of drug-likeness (QED) is 0.577. The molecule has 1 N–H and O–H groups in total. The molecule has 2 fully saturated rings. The summed E-state index contributed by atoms with van der Waals surface area (Å²) in [4.78, 5) is 25.2. The number of halogens is 3. The Kier molecular flexibility index (Phi) is 6.93. The van der Waals surface area contributed by atoms with E-state index < -0.39 is 18.1 Å². The Bertz CT molecular complexity index is 1010. The molecule has 1 heterocycles. The molecule has 1 aliphatic heterocycles. The summed E-state index contributed by atoms with van der Waals surface area (Å²) in [6.07, 6.45) is -1.73. The predicted molar refractivity (Wildman–Crippen MR) is 117 cm³/mol. The van der Waals surface area contributed by atoms with E-state index >= 15 is 0 Å². The third-order valence-corrected chi connectivity index (χ3v) is 6.98. The lowest BCUT2D eigenvalue weighted by Gasteiger charge is -2.30. The zero-order valence-electron chi connectivity index (χ0n) is 18.3. The number of alkyl halides is 3. The molecule has 1 saturated heterocycles. The Hall–Kier alpha value is -2.61. The first-order valence-electron chi connectivity index (χ1n) is 11.4. The van der Waals surface area contributed by atoms with Crippen molar-refractivity contribution in [2.45, 2.75) is 57.3 Å². The van der Waals surface area contributed by atoms with E-state index in [1.165, 1.54) is 0 Å². The average molecular weight is 463 g/mol. The lowest BCUT2D eigenvalue weighted by Crippen LogP contribution is -2.35. The highest BCUT2D eigenvalue weighted by molar-refractivity contribution is 6.01. The molecule has 1 aliphatic carbocycles. The second kappa shape index (κ2) is 9.71. The van der Waals surface area contributed by atoms with Gasteiger partial charge in [0.2, 0.25) is 0 Å². The SMILES string of the molecule is O=Cc1c(OC2CCC(C(F)(F)F)CC2)ccc2cc(CN3CCC(C(=O)O)CC3)ccc12. The number of likely N-dealkylation sites (tertiary alicyclic amines) is 1. The van der Waals surface area contributed by atoms with E-state index in [0.29, 0.717) is 43.5 Å². The Morgan fingerprint density at radius 2 is 1.76 bits per heavy atom. The fourth-order valence-electron chi connectivity index (χ4n) is 4.99. The highest BCUT2D eigenvalue weighted by atomic mass is 19.4. The lowest BCUT2D eigenvalue weighted by atomic mass is 9.87. The lowest BCUT2D eigenvalue weighted by molar-refractivity contribution is -0.185. The molecule has 2 aromatic carbocycles. The summed E-state index contributed by atoms with van der Waals surface area (Å²) in [6, 6.07) is 9.45.